The molecule has 29 heavy (non-hydrogen) atoms. The maximum atomic E-state index is 14.7. The second kappa shape index (κ2) is 9.47. The third-order valence-corrected chi connectivity index (χ3v) is 5.51. The van der Waals surface area contributed by atoms with Crippen LogP contribution in [0, 0.1) is 5.82 Å². The second-order valence-corrected chi connectivity index (χ2v) is 7.99. The standard InChI is InChI=1S/C21H24BrFN4O2/c1-25-7-9-26(10-8-25)21(29)27(18-4-2-3-17(22)12-18)14-16-6-5-15(11-19(16)23)20(28)13-24/h2-6,11-12H,7-10,13-14,24H2,1H3. The summed E-state index contributed by atoms with van der Waals surface area (Å²) in [6.07, 6.45) is 0. The summed E-state index contributed by atoms with van der Waals surface area (Å²) in [6, 6.07) is 11.5. The summed E-state index contributed by atoms with van der Waals surface area (Å²) in [7, 11) is 2.02. The van der Waals surface area contributed by atoms with Gasteiger partial charge in [0.05, 0.1) is 13.1 Å². The number of hydrogen-bond donors (Lipinski definition) is 1. The maximum absolute atomic E-state index is 14.7. The third-order valence-electron chi connectivity index (χ3n) is 5.01. The van der Waals surface area contributed by atoms with Crippen LogP contribution >= 0.6 is 15.9 Å². The number of halogens is 2. The molecule has 2 aromatic rings. The van der Waals surface area contributed by atoms with Crippen LogP contribution in [0.25, 0.3) is 0 Å². The largest absolute Gasteiger partial charge is 0.324 e. The highest BCUT2D eigenvalue weighted by molar-refractivity contribution is 9.10. The summed E-state index contributed by atoms with van der Waals surface area (Å²) < 4.78 is 15.5. The molecule has 0 unspecified atom stereocenters. The molecule has 6 nitrogen and oxygen atoms in total. The topological polar surface area (TPSA) is 69.9 Å². The summed E-state index contributed by atoms with van der Waals surface area (Å²) in [6.45, 7) is 2.71. The molecule has 8 heteroatoms. The molecule has 1 aliphatic rings. The number of benzene rings is 2. The Morgan fingerprint density at radius 3 is 2.48 bits per heavy atom. The second-order valence-electron chi connectivity index (χ2n) is 7.07. The van der Waals surface area contributed by atoms with Gasteiger partial charge >= 0.3 is 6.03 Å². The van der Waals surface area contributed by atoms with Crippen LogP contribution < -0.4 is 10.6 Å². The van der Waals surface area contributed by atoms with Gasteiger partial charge in [0.25, 0.3) is 0 Å². The van der Waals surface area contributed by atoms with Gasteiger partial charge in [-0.25, -0.2) is 9.18 Å². The number of nitrogens with two attached hydrogens (primary N) is 1. The molecule has 2 N–H and O–H groups in total. The van der Waals surface area contributed by atoms with Gasteiger partial charge in [0.15, 0.2) is 5.78 Å². The van der Waals surface area contributed by atoms with Gasteiger partial charge in [-0.15, -0.1) is 0 Å². The zero-order valence-corrected chi connectivity index (χ0v) is 17.9. The number of rotatable bonds is 5. The molecule has 0 saturated carbocycles. The fraction of sp³-hybridized carbons (Fsp3) is 0.333. The Hall–Kier alpha value is -2.29. The van der Waals surface area contributed by atoms with Crippen LogP contribution in [0.4, 0.5) is 14.9 Å². The molecule has 0 radical (unpaired) electrons. The molecule has 2 aromatic carbocycles. The van der Waals surface area contributed by atoms with Crippen LogP contribution in [0.1, 0.15) is 15.9 Å². The van der Waals surface area contributed by atoms with Crippen molar-refractivity contribution in [1.82, 2.24) is 9.80 Å². The van der Waals surface area contributed by atoms with Crippen molar-refractivity contribution in [3.8, 4) is 0 Å². The van der Waals surface area contributed by atoms with Crippen molar-refractivity contribution in [2.45, 2.75) is 6.54 Å². The van der Waals surface area contributed by atoms with Crippen LogP contribution in [0.3, 0.4) is 0 Å². The Bertz CT molecular complexity index is 900. The first-order valence-corrected chi connectivity index (χ1v) is 10.2. The van der Waals surface area contributed by atoms with Crippen LogP contribution in [0.15, 0.2) is 46.9 Å². The molecule has 1 fully saturated rings. The third kappa shape index (κ3) is 5.20. The Balaban J connectivity index is 1.89. The Labute approximate surface area is 178 Å². The molecule has 0 bridgehead atoms. The molecule has 1 aliphatic heterocycles. The molecule has 1 heterocycles. The van der Waals surface area contributed by atoms with Gasteiger partial charge in [0, 0.05) is 47.5 Å². The monoisotopic (exact) mass is 462 g/mol. The van der Waals surface area contributed by atoms with E-state index in [2.05, 4.69) is 20.8 Å². The summed E-state index contributed by atoms with van der Waals surface area (Å²) in [5.74, 6) is -0.858. The van der Waals surface area contributed by atoms with E-state index in [0.717, 1.165) is 17.6 Å². The van der Waals surface area contributed by atoms with Gasteiger partial charge in [-0.1, -0.05) is 34.1 Å². The minimum absolute atomic E-state index is 0.0601. The normalized spacial score (nSPS) is 14.7. The molecule has 0 atom stereocenters. The fourth-order valence-electron chi connectivity index (χ4n) is 3.22. The smallest absolute Gasteiger partial charge is 0.324 e. The van der Waals surface area contributed by atoms with Crippen molar-refractivity contribution >= 4 is 33.4 Å². The molecule has 0 aliphatic carbocycles. The quantitative estimate of drug-likeness (QED) is 0.693. The molecule has 3 rings (SSSR count). The SMILES string of the molecule is CN1CCN(C(=O)N(Cc2ccc(C(=O)CN)cc2F)c2cccc(Br)c2)CC1. The number of piperazine rings is 1. The first-order valence-electron chi connectivity index (χ1n) is 9.41. The van der Waals surface area contributed by atoms with Crippen molar-refractivity contribution in [1.29, 1.82) is 0 Å². The fourth-order valence-corrected chi connectivity index (χ4v) is 3.61. The highest BCUT2D eigenvalue weighted by Gasteiger charge is 2.26. The number of carbonyl (C=O) groups excluding carboxylic acids is 2. The van der Waals surface area contributed by atoms with Crippen molar-refractivity contribution in [2.24, 2.45) is 5.73 Å². The summed E-state index contributed by atoms with van der Waals surface area (Å²) in [4.78, 5) is 30.5. The van der Waals surface area contributed by atoms with E-state index >= 15 is 0 Å². The van der Waals surface area contributed by atoms with Gasteiger partial charge in [0.1, 0.15) is 5.82 Å². The lowest BCUT2D eigenvalue weighted by atomic mass is 10.1. The Morgan fingerprint density at radius 1 is 1.14 bits per heavy atom. The number of carbonyl (C=O) groups is 2. The average molecular weight is 463 g/mol. The van der Waals surface area contributed by atoms with E-state index in [1.54, 1.807) is 21.9 Å². The van der Waals surface area contributed by atoms with Crippen LogP contribution in [-0.2, 0) is 6.54 Å². The van der Waals surface area contributed by atoms with Crippen molar-refractivity contribution in [3.05, 3.63) is 63.9 Å². The predicted octanol–water partition coefficient (Wildman–Crippen LogP) is 3.10. The number of ketones is 1. The van der Waals surface area contributed by atoms with Crippen LogP contribution in [0.2, 0.25) is 0 Å². The molecule has 0 aromatic heterocycles. The van der Waals surface area contributed by atoms with Crippen molar-refractivity contribution in [2.75, 3.05) is 44.7 Å². The van der Waals surface area contributed by atoms with Gasteiger partial charge in [-0.2, -0.15) is 0 Å². The van der Waals surface area contributed by atoms with E-state index in [9.17, 15) is 14.0 Å². The molecule has 1 saturated heterocycles. The van der Waals surface area contributed by atoms with Gasteiger partial charge in [-0.05, 0) is 31.3 Å². The highest BCUT2D eigenvalue weighted by Crippen LogP contribution is 2.25. The minimum atomic E-state index is -0.532. The van der Waals surface area contributed by atoms with E-state index in [-0.39, 0.29) is 30.5 Å². The zero-order chi connectivity index (χ0) is 21.0. The van der Waals surface area contributed by atoms with Crippen molar-refractivity contribution < 1.29 is 14.0 Å². The molecular weight excluding hydrogens is 439 g/mol. The lowest BCUT2D eigenvalue weighted by molar-refractivity contribution is 0.100. The molecule has 154 valence electrons. The lowest BCUT2D eigenvalue weighted by Crippen LogP contribution is -2.52. The van der Waals surface area contributed by atoms with E-state index in [1.165, 1.54) is 6.07 Å². The number of likely N-dealkylation sites (N-methyl/N-ethyl adjacent to an activating group) is 1. The van der Waals surface area contributed by atoms with E-state index in [1.807, 2.05) is 31.3 Å². The van der Waals surface area contributed by atoms with Crippen LogP contribution in [-0.4, -0.2) is 61.4 Å². The molecule has 0 spiro atoms. The number of anilines is 1. The number of hydrogen-bond acceptors (Lipinski definition) is 4. The van der Waals surface area contributed by atoms with E-state index in [0.29, 0.717) is 24.3 Å². The number of Topliss-reactive ketones (excluding diaryl/α,β-unsaturated/α-hetero) is 1. The van der Waals surface area contributed by atoms with Gasteiger partial charge in [0.2, 0.25) is 0 Å². The van der Waals surface area contributed by atoms with E-state index < -0.39 is 5.82 Å². The zero-order valence-electron chi connectivity index (χ0n) is 16.3. The van der Waals surface area contributed by atoms with Crippen LogP contribution in [0.5, 0.6) is 0 Å². The van der Waals surface area contributed by atoms with Gasteiger partial charge in [-0.3, -0.25) is 9.69 Å². The Kier molecular flexibility index (Phi) is 7.00. The first kappa shape index (κ1) is 21.4. The number of amides is 2. The highest BCUT2D eigenvalue weighted by atomic mass is 79.9. The van der Waals surface area contributed by atoms with Gasteiger partial charge < -0.3 is 15.5 Å². The summed E-state index contributed by atoms with van der Waals surface area (Å²) in [5, 5.41) is 0. The first-order chi connectivity index (χ1) is 13.9. The maximum Gasteiger partial charge on any atom is 0.324 e. The summed E-state index contributed by atoms with van der Waals surface area (Å²) in [5.41, 5.74) is 6.59. The van der Waals surface area contributed by atoms with E-state index in [4.69, 9.17) is 5.73 Å². The van der Waals surface area contributed by atoms with Crippen molar-refractivity contribution in [3.63, 3.8) is 0 Å². The molecule has 2 amide bonds. The number of nitrogens with zero attached hydrogens (tertiary/aromatic N) is 3. The minimum Gasteiger partial charge on any atom is -0.324 e. The predicted molar refractivity (Wildman–Crippen MR) is 115 cm³/mol. The number of urea groups is 1. The lowest BCUT2D eigenvalue weighted by Gasteiger charge is -2.36. The Morgan fingerprint density at radius 2 is 1.86 bits per heavy atom. The molecular formula is C21H24BrFN4O2. The summed E-state index contributed by atoms with van der Waals surface area (Å²) >= 11 is 3.44. The average Bonchev–Trinajstić information content (AvgIpc) is 2.72.